The van der Waals surface area contributed by atoms with Crippen molar-refractivity contribution in [3.63, 3.8) is 0 Å². The van der Waals surface area contributed by atoms with Gasteiger partial charge in [0, 0.05) is 24.7 Å². The molecule has 3 rings (SSSR count). The standard InChI is InChI=1S/C20H23N3O5S/c1-15-18(7-6-8-19(15)23(25)26)21-20(24)16-9-11-17(12-10-16)29(27,28)22-13-4-2-3-5-14-22/h6-12H,2-5,13-14H2,1H3,(H,21,24). The molecule has 0 radical (unpaired) electrons. The predicted octanol–water partition coefficient (Wildman–Crippen LogP) is 3.72. The number of nitrogens with zero attached hydrogens (tertiary/aromatic N) is 2. The van der Waals surface area contributed by atoms with Crippen LogP contribution in [0.2, 0.25) is 0 Å². The summed E-state index contributed by atoms with van der Waals surface area (Å²) in [5.74, 6) is -0.465. The fourth-order valence-corrected chi connectivity index (χ4v) is 4.88. The van der Waals surface area contributed by atoms with Crippen LogP contribution in [0.15, 0.2) is 47.4 Å². The zero-order valence-corrected chi connectivity index (χ0v) is 16.9. The Labute approximate surface area is 169 Å². The molecule has 1 N–H and O–H groups in total. The van der Waals surface area contributed by atoms with E-state index >= 15 is 0 Å². The summed E-state index contributed by atoms with van der Waals surface area (Å²) >= 11 is 0. The minimum atomic E-state index is -3.58. The van der Waals surface area contributed by atoms with Crippen molar-refractivity contribution in [2.24, 2.45) is 0 Å². The maximum Gasteiger partial charge on any atom is 0.274 e. The molecule has 8 nitrogen and oxygen atoms in total. The molecule has 0 bridgehead atoms. The minimum Gasteiger partial charge on any atom is -0.321 e. The first-order valence-electron chi connectivity index (χ1n) is 9.46. The van der Waals surface area contributed by atoms with Crippen molar-refractivity contribution >= 4 is 27.3 Å². The van der Waals surface area contributed by atoms with Crippen LogP contribution in [-0.2, 0) is 10.0 Å². The van der Waals surface area contributed by atoms with Crippen LogP contribution in [-0.4, -0.2) is 36.6 Å². The first-order valence-corrected chi connectivity index (χ1v) is 10.9. The summed E-state index contributed by atoms with van der Waals surface area (Å²) in [6.45, 7) is 2.58. The molecule has 0 saturated carbocycles. The highest BCUT2D eigenvalue weighted by Gasteiger charge is 2.25. The Kier molecular flexibility index (Phi) is 6.29. The lowest BCUT2D eigenvalue weighted by atomic mass is 10.1. The van der Waals surface area contributed by atoms with E-state index in [2.05, 4.69) is 5.32 Å². The van der Waals surface area contributed by atoms with Gasteiger partial charge in [-0.2, -0.15) is 4.31 Å². The van der Waals surface area contributed by atoms with Gasteiger partial charge in [0.05, 0.1) is 21.1 Å². The second-order valence-corrected chi connectivity index (χ2v) is 8.94. The second-order valence-electron chi connectivity index (χ2n) is 7.00. The lowest BCUT2D eigenvalue weighted by Crippen LogP contribution is -2.31. The van der Waals surface area contributed by atoms with Crippen LogP contribution in [0, 0.1) is 17.0 Å². The third-order valence-electron chi connectivity index (χ3n) is 5.07. The van der Waals surface area contributed by atoms with Crippen molar-refractivity contribution in [3.8, 4) is 0 Å². The van der Waals surface area contributed by atoms with Gasteiger partial charge >= 0.3 is 0 Å². The van der Waals surface area contributed by atoms with Gasteiger partial charge in [-0.25, -0.2) is 8.42 Å². The van der Waals surface area contributed by atoms with E-state index in [-0.39, 0.29) is 16.1 Å². The summed E-state index contributed by atoms with van der Waals surface area (Å²) in [6.07, 6.45) is 3.76. The molecule has 1 saturated heterocycles. The van der Waals surface area contributed by atoms with Gasteiger partial charge in [-0.05, 0) is 50.1 Å². The molecular formula is C20H23N3O5S. The van der Waals surface area contributed by atoms with Crippen molar-refractivity contribution in [3.05, 3.63) is 63.7 Å². The average molecular weight is 417 g/mol. The topological polar surface area (TPSA) is 110 Å². The number of nitro groups is 1. The molecule has 1 amide bonds. The van der Waals surface area contributed by atoms with E-state index in [0.29, 0.717) is 24.3 Å². The summed E-state index contributed by atoms with van der Waals surface area (Å²) in [5.41, 5.74) is 0.879. The van der Waals surface area contributed by atoms with Gasteiger partial charge in [-0.3, -0.25) is 14.9 Å². The fraction of sp³-hybridized carbons (Fsp3) is 0.350. The van der Waals surface area contributed by atoms with Crippen LogP contribution < -0.4 is 5.32 Å². The molecule has 154 valence electrons. The third kappa shape index (κ3) is 4.63. The van der Waals surface area contributed by atoms with Gasteiger partial charge in [0.15, 0.2) is 0 Å². The van der Waals surface area contributed by atoms with Gasteiger partial charge < -0.3 is 5.32 Å². The van der Waals surface area contributed by atoms with E-state index in [4.69, 9.17) is 0 Å². The molecule has 0 aliphatic carbocycles. The molecule has 0 unspecified atom stereocenters. The molecule has 1 aliphatic rings. The zero-order chi connectivity index (χ0) is 21.0. The van der Waals surface area contributed by atoms with E-state index < -0.39 is 20.9 Å². The third-order valence-corrected chi connectivity index (χ3v) is 6.98. The second kappa shape index (κ2) is 8.71. The number of sulfonamides is 1. The van der Waals surface area contributed by atoms with Gasteiger partial charge in [0.25, 0.3) is 11.6 Å². The summed E-state index contributed by atoms with van der Waals surface area (Å²) in [5, 5.41) is 13.7. The van der Waals surface area contributed by atoms with Crippen LogP contribution in [0.3, 0.4) is 0 Å². The highest BCUT2D eigenvalue weighted by Crippen LogP contribution is 2.26. The van der Waals surface area contributed by atoms with Gasteiger partial charge in [0.2, 0.25) is 10.0 Å². The number of nitrogens with one attached hydrogen (secondary N) is 1. The van der Waals surface area contributed by atoms with E-state index in [1.54, 1.807) is 13.0 Å². The molecule has 1 heterocycles. The number of rotatable bonds is 5. The SMILES string of the molecule is Cc1c(NC(=O)c2ccc(S(=O)(=O)N3CCCCCC3)cc2)cccc1[N+](=O)[O-]. The molecule has 9 heteroatoms. The Morgan fingerprint density at radius 2 is 1.66 bits per heavy atom. The van der Waals surface area contributed by atoms with Gasteiger partial charge in [0.1, 0.15) is 0 Å². The number of carbonyl (C=O) groups is 1. The van der Waals surface area contributed by atoms with Crippen LogP contribution in [0.5, 0.6) is 0 Å². The number of amides is 1. The Balaban J connectivity index is 1.77. The number of anilines is 1. The van der Waals surface area contributed by atoms with Crippen LogP contribution in [0.4, 0.5) is 11.4 Å². The average Bonchev–Trinajstić information content (AvgIpc) is 2.99. The van der Waals surface area contributed by atoms with E-state index in [9.17, 15) is 23.3 Å². The zero-order valence-electron chi connectivity index (χ0n) is 16.1. The molecule has 1 aliphatic heterocycles. The van der Waals surface area contributed by atoms with Crippen molar-refractivity contribution in [2.75, 3.05) is 18.4 Å². The minimum absolute atomic E-state index is 0.0818. The fourth-order valence-electron chi connectivity index (χ4n) is 3.36. The maximum atomic E-state index is 12.8. The maximum absolute atomic E-state index is 12.8. The summed E-state index contributed by atoms with van der Waals surface area (Å²) < 4.78 is 27.1. The summed E-state index contributed by atoms with van der Waals surface area (Å²) in [7, 11) is -3.58. The molecule has 2 aromatic rings. The first-order chi connectivity index (χ1) is 13.8. The van der Waals surface area contributed by atoms with Crippen molar-refractivity contribution in [2.45, 2.75) is 37.5 Å². The van der Waals surface area contributed by atoms with Crippen LogP contribution in [0.1, 0.15) is 41.6 Å². The van der Waals surface area contributed by atoms with E-state index in [0.717, 1.165) is 25.7 Å². The summed E-state index contributed by atoms with van der Waals surface area (Å²) in [6, 6.07) is 10.2. The number of benzene rings is 2. The van der Waals surface area contributed by atoms with E-state index in [1.807, 2.05) is 0 Å². The van der Waals surface area contributed by atoms with Crippen LogP contribution >= 0.6 is 0 Å². The Morgan fingerprint density at radius 1 is 1.03 bits per heavy atom. The first kappa shape index (κ1) is 20.9. The Hall–Kier alpha value is -2.78. The lowest BCUT2D eigenvalue weighted by molar-refractivity contribution is -0.385. The predicted molar refractivity (Wildman–Crippen MR) is 109 cm³/mol. The summed E-state index contributed by atoms with van der Waals surface area (Å²) in [4.78, 5) is 23.2. The van der Waals surface area contributed by atoms with Crippen LogP contribution in [0.25, 0.3) is 0 Å². The van der Waals surface area contributed by atoms with Crippen molar-refractivity contribution in [1.82, 2.24) is 4.31 Å². The van der Waals surface area contributed by atoms with E-state index in [1.165, 1.54) is 40.7 Å². The number of hydrogen-bond donors (Lipinski definition) is 1. The van der Waals surface area contributed by atoms with Gasteiger partial charge in [-0.15, -0.1) is 0 Å². The molecule has 0 atom stereocenters. The smallest absolute Gasteiger partial charge is 0.274 e. The molecule has 2 aromatic carbocycles. The molecule has 1 fully saturated rings. The lowest BCUT2D eigenvalue weighted by Gasteiger charge is -2.20. The molecule has 0 spiro atoms. The molecule has 0 aromatic heterocycles. The molecule has 29 heavy (non-hydrogen) atoms. The largest absolute Gasteiger partial charge is 0.321 e. The Bertz CT molecular complexity index is 1010. The monoisotopic (exact) mass is 417 g/mol. The quantitative estimate of drug-likeness (QED) is 0.589. The molecular weight excluding hydrogens is 394 g/mol. The normalized spacial score (nSPS) is 15.5. The highest BCUT2D eigenvalue weighted by atomic mass is 32.2. The Morgan fingerprint density at radius 3 is 2.24 bits per heavy atom. The number of carbonyl (C=O) groups excluding carboxylic acids is 1. The number of nitro benzene ring substituents is 1. The van der Waals surface area contributed by atoms with Crippen molar-refractivity contribution in [1.29, 1.82) is 0 Å². The van der Waals surface area contributed by atoms with Crippen molar-refractivity contribution < 1.29 is 18.1 Å². The number of hydrogen-bond acceptors (Lipinski definition) is 5. The van der Waals surface area contributed by atoms with Gasteiger partial charge in [-0.1, -0.05) is 18.9 Å². The highest BCUT2D eigenvalue weighted by molar-refractivity contribution is 7.89.